The van der Waals surface area contributed by atoms with E-state index in [1.807, 2.05) is 0 Å². The highest BCUT2D eigenvalue weighted by Gasteiger charge is 2.07. The minimum atomic E-state index is -0.287. The Labute approximate surface area is 55.4 Å². The van der Waals surface area contributed by atoms with E-state index in [1.54, 1.807) is 6.08 Å². The number of allylic oxidation sites excluding steroid dienone is 1. The Balaban J connectivity index is 2.62. The second-order valence-electron chi connectivity index (χ2n) is 2.30. The number of aliphatic hydroxyl groups is 1. The smallest absolute Gasteiger partial charge is 0.0732 e. The molecule has 1 rings (SSSR count). The molecule has 0 heterocycles. The standard InChI is InChI=1S/C8H10O/c1-2-7-4-3-5-8(9)6-7/h1,6,8-9H,3-5H2. The van der Waals surface area contributed by atoms with Crippen LogP contribution in [0.15, 0.2) is 11.6 Å². The molecule has 0 aromatic carbocycles. The van der Waals surface area contributed by atoms with Crippen LogP contribution < -0.4 is 0 Å². The zero-order chi connectivity index (χ0) is 6.69. The van der Waals surface area contributed by atoms with E-state index in [2.05, 4.69) is 5.92 Å². The van der Waals surface area contributed by atoms with E-state index in [1.165, 1.54) is 0 Å². The van der Waals surface area contributed by atoms with Gasteiger partial charge in [0, 0.05) is 5.57 Å². The molecule has 0 saturated carbocycles. The first kappa shape index (κ1) is 6.38. The van der Waals surface area contributed by atoms with Crippen LogP contribution in [0.4, 0.5) is 0 Å². The number of hydrogen-bond acceptors (Lipinski definition) is 1. The molecule has 0 aromatic rings. The molecule has 1 atom stereocenters. The number of terminal acetylenes is 1. The third-order valence-corrected chi connectivity index (χ3v) is 1.52. The van der Waals surface area contributed by atoms with Gasteiger partial charge in [-0.05, 0) is 25.3 Å². The van der Waals surface area contributed by atoms with E-state index in [9.17, 15) is 0 Å². The first-order valence-electron chi connectivity index (χ1n) is 3.18. The lowest BCUT2D eigenvalue weighted by Crippen LogP contribution is -2.07. The fourth-order valence-corrected chi connectivity index (χ4v) is 1.02. The van der Waals surface area contributed by atoms with Crippen LogP contribution in [0.2, 0.25) is 0 Å². The summed E-state index contributed by atoms with van der Waals surface area (Å²) >= 11 is 0. The van der Waals surface area contributed by atoms with Crippen LogP contribution in [-0.2, 0) is 0 Å². The van der Waals surface area contributed by atoms with Gasteiger partial charge >= 0.3 is 0 Å². The van der Waals surface area contributed by atoms with Crippen molar-refractivity contribution >= 4 is 0 Å². The molecule has 0 saturated heterocycles. The van der Waals surface area contributed by atoms with Crippen molar-refractivity contribution < 1.29 is 5.11 Å². The monoisotopic (exact) mass is 122 g/mol. The Bertz CT molecular complexity index is 162. The number of aliphatic hydroxyl groups excluding tert-OH is 1. The highest BCUT2D eigenvalue weighted by atomic mass is 16.3. The van der Waals surface area contributed by atoms with Crippen LogP contribution in [0.25, 0.3) is 0 Å². The SMILES string of the molecule is C#CC1=CC(O)CCC1. The third kappa shape index (κ3) is 1.58. The lowest BCUT2D eigenvalue weighted by molar-refractivity contribution is 0.203. The molecular weight excluding hydrogens is 112 g/mol. The zero-order valence-corrected chi connectivity index (χ0v) is 5.30. The summed E-state index contributed by atoms with van der Waals surface area (Å²) in [6.45, 7) is 0. The van der Waals surface area contributed by atoms with Crippen molar-refractivity contribution in [2.45, 2.75) is 25.4 Å². The maximum absolute atomic E-state index is 9.04. The molecule has 1 heteroatoms. The summed E-state index contributed by atoms with van der Waals surface area (Å²) in [5.74, 6) is 2.54. The van der Waals surface area contributed by atoms with Crippen molar-refractivity contribution in [2.75, 3.05) is 0 Å². The molecule has 0 radical (unpaired) electrons. The molecule has 9 heavy (non-hydrogen) atoms. The average molecular weight is 122 g/mol. The molecular formula is C8H10O. The van der Waals surface area contributed by atoms with Gasteiger partial charge in [-0.2, -0.15) is 0 Å². The van der Waals surface area contributed by atoms with E-state index < -0.39 is 0 Å². The molecule has 0 spiro atoms. The predicted octanol–water partition coefficient (Wildman–Crippen LogP) is 1.09. The summed E-state index contributed by atoms with van der Waals surface area (Å²) < 4.78 is 0. The van der Waals surface area contributed by atoms with E-state index in [0.29, 0.717) is 0 Å². The summed E-state index contributed by atoms with van der Waals surface area (Å²) in [5, 5.41) is 9.04. The van der Waals surface area contributed by atoms with Crippen molar-refractivity contribution in [3.63, 3.8) is 0 Å². The summed E-state index contributed by atoms with van der Waals surface area (Å²) in [4.78, 5) is 0. The molecule has 0 amide bonds. The highest BCUT2D eigenvalue weighted by Crippen LogP contribution is 2.16. The van der Waals surface area contributed by atoms with Crippen LogP contribution in [-0.4, -0.2) is 11.2 Å². The van der Waals surface area contributed by atoms with E-state index in [4.69, 9.17) is 11.5 Å². The fraction of sp³-hybridized carbons (Fsp3) is 0.500. The molecule has 0 aromatic heterocycles. The molecule has 1 unspecified atom stereocenters. The molecule has 1 aliphatic carbocycles. The van der Waals surface area contributed by atoms with Gasteiger partial charge in [-0.15, -0.1) is 6.42 Å². The summed E-state index contributed by atoms with van der Waals surface area (Å²) in [6.07, 6.45) is 9.47. The van der Waals surface area contributed by atoms with E-state index >= 15 is 0 Å². The van der Waals surface area contributed by atoms with E-state index in [-0.39, 0.29) is 6.10 Å². The van der Waals surface area contributed by atoms with Crippen LogP contribution in [0.5, 0.6) is 0 Å². The molecule has 0 bridgehead atoms. The van der Waals surface area contributed by atoms with Gasteiger partial charge in [-0.1, -0.05) is 5.92 Å². The van der Waals surface area contributed by atoms with Gasteiger partial charge in [-0.25, -0.2) is 0 Å². The second-order valence-corrected chi connectivity index (χ2v) is 2.30. The maximum Gasteiger partial charge on any atom is 0.0732 e. The molecule has 48 valence electrons. The van der Waals surface area contributed by atoms with Crippen LogP contribution >= 0.6 is 0 Å². The first-order valence-corrected chi connectivity index (χ1v) is 3.18. The summed E-state index contributed by atoms with van der Waals surface area (Å²) in [6, 6.07) is 0. The first-order chi connectivity index (χ1) is 4.33. The highest BCUT2D eigenvalue weighted by molar-refractivity contribution is 5.27. The van der Waals surface area contributed by atoms with Crippen molar-refractivity contribution in [1.82, 2.24) is 0 Å². The topological polar surface area (TPSA) is 20.2 Å². The molecule has 1 aliphatic rings. The predicted molar refractivity (Wildman–Crippen MR) is 36.8 cm³/mol. The average Bonchev–Trinajstić information content (AvgIpc) is 1.88. The Kier molecular flexibility index (Phi) is 1.92. The third-order valence-electron chi connectivity index (χ3n) is 1.52. The van der Waals surface area contributed by atoms with Gasteiger partial charge in [-0.3, -0.25) is 0 Å². The van der Waals surface area contributed by atoms with Gasteiger partial charge in [0.15, 0.2) is 0 Å². The van der Waals surface area contributed by atoms with Crippen molar-refractivity contribution in [3.8, 4) is 12.3 Å². The van der Waals surface area contributed by atoms with E-state index in [0.717, 1.165) is 24.8 Å². The molecule has 0 fully saturated rings. The van der Waals surface area contributed by atoms with Crippen molar-refractivity contribution in [1.29, 1.82) is 0 Å². The minimum absolute atomic E-state index is 0.287. The van der Waals surface area contributed by atoms with Crippen LogP contribution in [0, 0.1) is 12.3 Å². The van der Waals surface area contributed by atoms with Crippen LogP contribution in [0.1, 0.15) is 19.3 Å². The quantitative estimate of drug-likeness (QED) is 0.477. The van der Waals surface area contributed by atoms with Gasteiger partial charge in [0.05, 0.1) is 6.10 Å². The summed E-state index contributed by atoms with van der Waals surface area (Å²) in [7, 11) is 0. The molecule has 1 N–H and O–H groups in total. The number of hydrogen-bond donors (Lipinski definition) is 1. The summed E-state index contributed by atoms with van der Waals surface area (Å²) in [5.41, 5.74) is 0.953. The molecule has 0 aliphatic heterocycles. The normalized spacial score (nSPS) is 26.7. The van der Waals surface area contributed by atoms with Gasteiger partial charge < -0.3 is 5.11 Å². The fourth-order valence-electron chi connectivity index (χ4n) is 1.02. The Hall–Kier alpha value is -0.740. The minimum Gasteiger partial charge on any atom is -0.389 e. The maximum atomic E-state index is 9.04. The lowest BCUT2D eigenvalue weighted by Gasteiger charge is -2.12. The van der Waals surface area contributed by atoms with Gasteiger partial charge in [0.2, 0.25) is 0 Å². The molecule has 1 nitrogen and oxygen atoms in total. The van der Waals surface area contributed by atoms with Crippen molar-refractivity contribution in [3.05, 3.63) is 11.6 Å². The van der Waals surface area contributed by atoms with Gasteiger partial charge in [0.25, 0.3) is 0 Å². The second kappa shape index (κ2) is 2.70. The Morgan fingerprint density at radius 3 is 3.00 bits per heavy atom. The van der Waals surface area contributed by atoms with Gasteiger partial charge in [0.1, 0.15) is 0 Å². The Morgan fingerprint density at radius 1 is 1.78 bits per heavy atom. The van der Waals surface area contributed by atoms with Crippen molar-refractivity contribution in [2.24, 2.45) is 0 Å². The largest absolute Gasteiger partial charge is 0.389 e. The Morgan fingerprint density at radius 2 is 2.56 bits per heavy atom. The zero-order valence-electron chi connectivity index (χ0n) is 5.30. The lowest BCUT2D eigenvalue weighted by atomic mass is 9.98. The van der Waals surface area contributed by atoms with Crippen LogP contribution in [0.3, 0.4) is 0 Å². The number of rotatable bonds is 0.